The van der Waals surface area contributed by atoms with Gasteiger partial charge in [-0.15, -0.1) is 0 Å². The summed E-state index contributed by atoms with van der Waals surface area (Å²) >= 11 is 0. The van der Waals surface area contributed by atoms with Crippen molar-refractivity contribution in [3.63, 3.8) is 0 Å². The Morgan fingerprint density at radius 2 is 1.71 bits per heavy atom. The summed E-state index contributed by atoms with van der Waals surface area (Å²) in [6.07, 6.45) is 4.89. The third kappa shape index (κ3) is 3.84. The summed E-state index contributed by atoms with van der Waals surface area (Å²) in [5.74, 6) is 0.326. The van der Waals surface area contributed by atoms with Crippen LogP contribution in [-0.2, 0) is 9.59 Å². The van der Waals surface area contributed by atoms with Gasteiger partial charge in [-0.2, -0.15) is 0 Å². The Hall–Kier alpha value is -1.84. The Kier molecular flexibility index (Phi) is 5.37. The summed E-state index contributed by atoms with van der Waals surface area (Å²) in [6, 6.07) is 8.03. The molecule has 21 heavy (non-hydrogen) atoms. The average molecular weight is 288 g/mol. The highest BCUT2D eigenvalue weighted by atomic mass is 16.2. The maximum atomic E-state index is 11.6. The molecule has 0 bridgehead atoms. The summed E-state index contributed by atoms with van der Waals surface area (Å²) in [5.41, 5.74) is 2.33. The van der Waals surface area contributed by atoms with Gasteiger partial charge in [-0.1, -0.05) is 32.4 Å². The molecular formula is C17H24N2O2. The lowest BCUT2D eigenvalue weighted by atomic mass is 9.80. The van der Waals surface area contributed by atoms with E-state index in [-0.39, 0.29) is 17.9 Å². The van der Waals surface area contributed by atoms with E-state index in [0.29, 0.717) is 12.8 Å². The van der Waals surface area contributed by atoms with Crippen LogP contribution in [0, 0.1) is 0 Å². The fraction of sp³-hybridized carbons (Fsp3) is 0.529. The molecule has 1 saturated carbocycles. The standard InChI is InChI=1S/C15H18N2O2.C2H6/c18-14-9-8-13(15(19)17-14)16-12-6-4-11(5-7-12)10-2-1-3-10;1-2/h4-7,10,13,16H,1-3,8-9H2,(H,17,18,19);1-2H3. The second kappa shape index (κ2) is 7.25. The molecule has 3 rings (SSSR count). The van der Waals surface area contributed by atoms with Crippen LogP contribution >= 0.6 is 0 Å². The first-order chi connectivity index (χ1) is 10.2. The Bertz CT molecular complexity index is 492. The Balaban J connectivity index is 0.000000774. The van der Waals surface area contributed by atoms with Gasteiger partial charge in [0.15, 0.2) is 0 Å². The zero-order valence-electron chi connectivity index (χ0n) is 12.8. The van der Waals surface area contributed by atoms with Gasteiger partial charge in [0, 0.05) is 12.1 Å². The fourth-order valence-electron chi connectivity index (χ4n) is 2.63. The highest BCUT2D eigenvalue weighted by molar-refractivity contribution is 6.01. The molecule has 2 amide bonds. The van der Waals surface area contributed by atoms with Gasteiger partial charge in [-0.25, -0.2) is 0 Å². The van der Waals surface area contributed by atoms with Gasteiger partial charge in [-0.05, 0) is 42.9 Å². The number of hydrogen-bond donors (Lipinski definition) is 2. The van der Waals surface area contributed by atoms with E-state index in [4.69, 9.17) is 0 Å². The molecule has 1 saturated heterocycles. The number of nitrogens with one attached hydrogen (secondary N) is 2. The van der Waals surface area contributed by atoms with Gasteiger partial charge in [0.05, 0.1) is 0 Å². The van der Waals surface area contributed by atoms with E-state index in [1.807, 2.05) is 26.0 Å². The Labute approximate surface area is 126 Å². The molecule has 0 spiro atoms. The molecule has 1 atom stereocenters. The molecule has 1 aromatic carbocycles. The minimum absolute atomic E-state index is 0.177. The summed E-state index contributed by atoms with van der Waals surface area (Å²) in [7, 11) is 0. The lowest BCUT2D eigenvalue weighted by Gasteiger charge is -2.26. The third-order valence-electron chi connectivity index (χ3n) is 4.07. The van der Waals surface area contributed by atoms with Crippen molar-refractivity contribution in [2.24, 2.45) is 0 Å². The van der Waals surface area contributed by atoms with Crippen molar-refractivity contribution in [2.75, 3.05) is 5.32 Å². The van der Waals surface area contributed by atoms with Crippen LogP contribution in [0.3, 0.4) is 0 Å². The van der Waals surface area contributed by atoms with Crippen molar-refractivity contribution in [3.8, 4) is 0 Å². The van der Waals surface area contributed by atoms with Crippen molar-refractivity contribution in [1.29, 1.82) is 0 Å². The maximum Gasteiger partial charge on any atom is 0.249 e. The zero-order chi connectivity index (χ0) is 15.2. The first-order valence-electron chi connectivity index (χ1n) is 7.92. The van der Waals surface area contributed by atoms with E-state index >= 15 is 0 Å². The predicted octanol–water partition coefficient (Wildman–Crippen LogP) is 3.20. The van der Waals surface area contributed by atoms with E-state index < -0.39 is 0 Å². The number of carbonyl (C=O) groups excluding carboxylic acids is 2. The molecule has 4 nitrogen and oxygen atoms in total. The molecular weight excluding hydrogens is 264 g/mol. The van der Waals surface area contributed by atoms with Gasteiger partial charge >= 0.3 is 0 Å². The van der Waals surface area contributed by atoms with Gasteiger partial charge in [0.1, 0.15) is 6.04 Å². The van der Waals surface area contributed by atoms with Crippen molar-refractivity contribution in [2.45, 2.75) is 57.9 Å². The van der Waals surface area contributed by atoms with Gasteiger partial charge < -0.3 is 5.32 Å². The highest BCUT2D eigenvalue weighted by Crippen LogP contribution is 2.36. The SMILES string of the molecule is CC.O=C1CCC(Nc2ccc(C3CCC3)cc2)C(=O)N1. The number of benzene rings is 1. The maximum absolute atomic E-state index is 11.6. The second-order valence-electron chi connectivity index (χ2n) is 5.40. The quantitative estimate of drug-likeness (QED) is 0.840. The lowest BCUT2D eigenvalue weighted by molar-refractivity contribution is -0.133. The number of carbonyl (C=O) groups is 2. The molecule has 1 aliphatic carbocycles. The van der Waals surface area contributed by atoms with Crippen LogP contribution in [0.4, 0.5) is 5.69 Å². The molecule has 2 aliphatic rings. The van der Waals surface area contributed by atoms with Crippen LogP contribution in [0.2, 0.25) is 0 Å². The number of hydrogen-bond acceptors (Lipinski definition) is 3. The van der Waals surface area contributed by atoms with Crippen molar-refractivity contribution < 1.29 is 9.59 Å². The molecule has 1 aromatic rings. The Morgan fingerprint density at radius 1 is 1.05 bits per heavy atom. The van der Waals surface area contributed by atoms with Gasteiger partial charge in [0.25, 0.3) is 0 Å². The summed E-state index contributed by atoms with van der Waals surface area (Å²) in [4.78, 5) is 22.7. The van der Waals surface area contributed by atoms with E-state index in [1.165, 1.54) is 24.8 Å². The first kappa shape index (κ1) is 15.5. The molecule has 0 aromatic heterocycles. The number of amides is 2. The second-order valence-corrected chi connectivity index (χ2v) is 5.40. The molecule has 4 heteroatoms. The first-order valence-corrected chi connectivity index (χ1v) is 7.92. The number of anilines is 1. The van der Waals surface area contributed by atoms with Crippen molar-refractivity contribution in [1.82, 2.24) is 5.32 Å². The van der Waals surface area contributed by atoms with Crippen LogP contribution in [-0.4, -0.2) is 17.9 Å². The smallest absolute Gasteiger partial charge is 0.249 e. The van der Waals surface area contributed by atoms with Crippen LogP contribution in [0.15, 0.2) is 24.3 Å². The lowest BCUT2D eigenvalue weighted by Crippen LogP contribution is -2.47. The van der Waals surface area contributed by atoms with E-state index in [9.17, 15) is 9.59 Å². The van der Waals surface area contributed by atoms with E-state index in [2.05, 4.69) is 22.8 Å². The molecule has 0 radical (unpaired) electrons. The number of imide groups is 1. The molecule has 114 valence electrons. The van der Waals surface area contributed by atoms with Crippen LogP contribution < -0.4 is 10.6 Å². The summed E-state index contributed by atoms with van der Waals surface area (Å²) in [6.45, 7) is 4.00. The third-order valence-corrected chi connectivity index (χ3v) is 4.07. The number of rotatable bonds is 3. The van der Waals surface area contributed by atoms with E-state index in [0.717, 1.165) is 11.6 Å². The van der Waals surface area contributed by atoms with Crippen molar-refractivity contribution >= 4 is 17.5 Å². The summed E-state index contributed by atoms with van der Waals surface area (Å²) < 4.78 is 0. The van der Waals surface area contributed by atoms with Crippen LogP contribution in [0.1, 0.15) is 57.4 Å². The minimum Gasteiger partial charge on any atom is -0.374 e. The Morgan fingerprint density at radius 3 is 2.24 bits per heavy atom. The van der Waals surface area contributed by atoms with Crippen molar-refractivity contribution in [3.05, 3.63) is 29.8 Å². The molecule has 2 fully saturated rings. The zero-order valence-corrected chi connectivity index (χ0v) is 12.8. The summed E-state index contributed by atoms with van der Waals surface area (Å²) in [5, 5.41) is 5.55. The predicted molar refractivity (Wildman–Crippen MR) is 84.2 cm³/mol. The normalized spacial score (nSPS) is 21.7. The molecule has 2 N–H and O–H groups in total. The monoisotopic (exact) mass is 288 g/mol. The largest absolute Gasteiger partial charge is 0.374 e. The molecule has 1 heterocycles. The highest BCUT2D eigenvalue weighted by Gasteiger charge is 2.26. The fourth-order valence-corrected chi connectivity index (χ4v) is 2.63. The molecule has 1 unspecified atom stereocenters. The van der Waals surface area contributed by atoms with Gasteiger partial charge in [0.2, 0.25) is 11.8 Å². The number of piperidine rings is 1. The minimum atomic E-state index is -0.299. The van der Waals surface area contributed by atoms with Gasteiger partial charge in [-0.3, -0.25) is 14.9 Å². The molecule has 1 aliphatic heterocycles. The topological polar surface area (TPSA) is 58.2 Å². The van der Waals surface area contributed by atoms with Crippen LogP contribution in [0.25, 0.3) is 0 Å². The van der Waals surface area contributed by atoms with E-state index in [1.54, 1.807) is 0 Å². The van der Waals surface area contributed by atoms with Crippen LogP contribution in [0.5, 0.6) is 0 Å². The average Bonchev–Trinajstić information content (AvgIpc) is 2.44.